The fraction of sp³-hybridized carbons (Fsp3) is 0.100. The molecule has 0 bridgehead atoms. The summed E-state index contributed by atoms with van der Waals surface area (Å²) in [4.78, 5) is 16.4. The second-order valence-electron chi connectivity index (χ2n) is 6.28. The standard InChI is InChI=1S/C20H15ClFN5O2/c1-12-17(11-27(25-12)16-8-6-15(22)7-9-16)18-24-20(29-26-18)19(28)23-10-13-2-4-14(21)5-3-13/h2-9,11H,10H2,1H3,(H,23,28). The number of halogens is 2. The van der Waals surface area contributed by atoms with E-state index in [1.807, 2.05) is 12.1 Å². The lowest BCUT2D eigenvalue weighted by Gasteiger charge is -2.02. The predicted molar refractivity (Wildman–Crippen MR) is 104 cm³/mol. The number of amides is 1. The zero-order chi connectivity index (χ0) is 20.4. The Balaban J connectivity index is 1.49. The number of carbonyl (C=O) groups is 1. The van der Waals surface area contributed by atoms with Gasteiger partial charge in [0.2, 0.25) is 5.82 Å². The molecule has 7 nitrogen and oxygen atoms in total. The summed E-state index contributed by atoms with van der Waals surface area (Å²) in [6, 6.07) is 13.0. The van der Waals surface area contributed by atoms with Gasteiger partial charge < -0.3 is 9.84 Å². The first-order valence-electron chi connectivity index (χ1n) is 8.68. The molecular formula is C20H15ClFN5O2. The molecule has 0 aliphatic heterocycles. The highest BCUT2D eigenvalue weighted by molar-refractivity contribution is 6.30. The van der Waals surface area contributed by atoms with Crippen molar-refractivity contribution in [3.8, 4) is 17.1 Å². The number of nitrogens with zero attached hydrogens (tertiary/aromatic N) is 4. The average Bonchev–Trinajstić information content (AvgIpc) is 3.35. The molecule has 4 rings (SSSR count). The molecular weight excluding hydrogens is 397 g/mol. The van der Waals surface area contributed by atoms with Gasteiger partial charge in [0.25, 0.3) is 0 Å². The molecule has 146 valence electrons. The van der Waals surface area contributed by atoms with E-state index in [1.54, 1.807) is 42.1 Å². The predicted octanol–water partition coefficient (Wildman–Crippen LogP) is 3.95. The third-order valence-electron chi connectivity index (χ3n) is 4.22. The van der Waals surface area contributed by atoms with Crippen LogP contribution in [-0.2, 0) is 6.54 Å². The van der Waals surface area contributed by atoms with Crippen LogP contribution < -0.4 is 5.32 Å². The highest BCUT2D eigenvalue weighted by atomic mass is 35.5. The molecule has 0 unspecified atom stereocenters. The molecule has 1 N–H and O–H groups in total. The van der Waals surface area contributed by atoms with Crippen molar-refractivity contribution in [3.05, 3.63) is 82.7 Å². The molecule has 0 atom stereocenters. The first-order valence-corrected chi connectivity index (χ1v) is 9.06. The topological polar surface area (TPSA) is 85.8 Å². The molecule has 4 aromatic rings. The smallest absolute Gasteiger partial charge is 0.316 e. The fourth-order valence-electron chi connectivity index (χ4n) is 2.69. The summed E-state index contributed by atoms with van der Waals surface area (Å²) in [5, 5.41) is 11.6. The summed E-state index contributed by atoms with van der Waals surface area (Å²) in [5.74, 6) is -0.719. The van der Waals surface area contributed by atoms with Gasteiger partial charge in [0.05, 0.1) is 16.9 Å². The first-order chi connectivity index (χ1) is 14.0. The summed E-state index contributed by atoms with van der Waals surface area (Å²) < 4.78 is 19.8. The highest BCUT2D eigenvalue weighted by Crippen LogP contribution is 2.21. The molecule has 9 heteroatoms. The minimum absolute atomic E-state index is 0.150. The number of hydrogen-bond donors (Lipinski definition) is 1. The maximum absolute atomic E-state index is 13.1. The van der Waals surface area contributed by atoms with Crippen LogP contribution in [0.3, 0.4) is 0 Å². The lowest BCUT2D eigenvalue weighted by molar-refractivity contribution is 0.0907. The van der Waals surface area contributed by atoms with Gasteiger partial charge in [-0.05, 0) is 48.9 Å². The quantitative estimate of drug-likeness (QED) is 0.537. The molecule has 2 aromatic carbocycles. The van der Waals surface area contributed by atoms with E-state index >= 15 is 0 Å². The van der Waals surface area contributed by atoms with Gasteiger partial charge in [-0.15, -0.1) is 0 Å². The van der Waals surface area contributed by atoms with E-state index in [4.69, 9.17) is 16.1 Å². The normalized spacial score (nSPS) is 10.9. The number of aromatic nitrogens is 4. The number of nitrogens with one attached hydrogen (secondary N) is 1. The summed E-state index contributed by atoms with van der Waals surface area (Å²) in [5.41, 5.74) is 2.82. The minimum atomic E-state index is -0.484. The van der Waals surface area contributed by atoms with Crippen molar-refractivity contribution in [3.63, 3.8) is 0 Å². The van der Waals surface area contributed by atoms with Crippen molar-refractivity contribution >= 4 is 17.5 Å². The van der Waals surface area contributed by atoms with E-state index in [1.165, 1.54) is 12.1 Å². The molecule has 1 amide bonds. The third kappa shape index (κ3) is 4.17. The van der Waals surface area contributed by atoms with E-state index in [0.717, 1.165) is 5.56 Å². The maximum atomic E-state index is 13.1. The van der Waals surface area contributed by atoms with Crippen molar-refractivity contribution < 1.29 is 13.7 Å². The monoisotopic (exact) mass is 411 g/mol. The van der Waals surface area contributed by atoms with E-state index in [-0.39, 0.29) is 17.5 Å². The number of aryl methyl sites for hydroxylation is 1. The van der Waals surface area contributed by atoms with Gasteiger partial charge in [-0.25, -0.2) is 9.07 Å². The minimum Gasteiger partial charge on any atom is -0.344 e. The van der Waals surface area contributed by atoms with Crippen molar-refractivity contribution in [1.82, 2.24) is 25.2 Å². The molecule has 0 aliphatic rings. The zero-order valence-electron chi connectivity index (χ0n) is 15.3. The number of hydrogen-bond acceptors (Lipinski definition) is 5. The van der Waals surface area contributed by atoms with Crippen molar-refractivity contribution in [1.29, 1.82) is 0 Å². The number of rotatable bonds is 5. The molecule has 0 fully saturated rings. The van der Waals surface area contributed by atoms with E-state index in [2.05, 4.69) is 20.6 Å². The lowest BCUT2D eigenvalue weighted by Crippen LogP contribution is -2.23. The summed E-state index contributed by atoms with van der Waals surface area (Å²) in [6.07, 6.45) is 1.70. The van der Waals surface area contributed by atoms with Crippen molar-refractivity contribution in [2.45, 2.75) is 13.5 Å². The summed E-state index contributed by atoms with van der Waals surface area (Å²) in [6.45, 7) is 2.08. The Labute approximate surface area is 170 Å². The van der Waals surface area contributed by atoms with Gasteiger partial charge in [-0.1, -0.05) is 28.9 Å². The Kier molecular flexibility index (Phi) is 5.09. The van der Waals surface area contributed by atoms with Crippen LogP contribution in [0.1, 0.15) is 21.9 Å². The Hall–Kier alpha value is -3.52. The van der Waals surface area contributed by atoms with Gasteiger partial charge in [0, 0.05) is 17.8 Å². The Morgan fingerprint density at radius 3 is 2.62 bits per heavy atom. The lowest BCUT2D eigenvalue weighted by atomic mass is 10.2. The van der Waals surface area contributed by atoms with Gasteiger partial charge in [-0.3, -0.25) is 4.79 Å². The number of carbonyl (C=O) groups excluding carboxylic acids is 1. The van der Waals surface area contributed by atoms with Crippen molar-refractivity contribution in [2.24, 2.45) is 0 Å². The van der Waals surface area contributed by atoms with E-state index in [9.17, 15) is 9.18 Å². The van der Waals surface area contributed by atoms with Crippen LogP contribution in [0.4, 0.5) is 4.39 Å². The Morgan fingerprint density at radius 2 is 1.90 bits per heavy atom. The van der Waals surface area contributed by atoms with Crippen LogP contribution in [0.25, 0.3) is 17.1 Å². The van der Waals surface area contributed by atoms with Gasteiger partial charge in [0.15, 0.2) is 0 Å². The molecule has 29 heavy (non-hydrogen) atoms. The van der Waals surface area contributed by atoms with Gasteiger partial charge in [0.1, 0.15) is 5.82 Å². The van der Waals surface area contributed by atoms with E-state index in [0.29, 0.717) is 28.5 Å². The maximum Gasteiger partial charge on any atom is 0.316 e. The number of benzene rings is 2. The Bertz CT molecular complexity index is 1150. The summed E-state index contributed by atoms with van der Waals surface area (Å²) >= 11 is 5.85. The summed E-state index contributed by atoms with van der Waals surface area (Å²) in [7, 11) is 0. The Morgan fingerprint density at radius 1 is 1.17 bits per heavy atom. The van der Waals surface area contributed by atoms with Gasteiger partial charge >= 0.3 is 11.8 Å². The second kappa shape index (κ2) is 7.84. The second-order valence-corrected chi connectivity index (χ2v) is 6.72. The average molecular weight is 412 g/mol. The molecule has 0 saturated carbocycles. The van der Waals surface area contributed by atoms with E-state index < -0.39 is 5.91 Å². The van der Waals surface area contributed by atoms with Crippen LogP contribution >= 0.6 is 11.6 Å². The molecule has 0 radical (unpaired) electrons. The molecule has 0 saturated heterocycles. The molecule has 0 aliphatic carbocycles. The fourth-order valence-corrected chi connectivity index (χ4v) is 2.82. The zero-order valence-corrected chi connectivity index (χ0v) is 16.0. The van der Waals surface area contributed by atoms with Crippen LogP contribution in [0.5, 0.6) is 0 Å². The van der Waals surface area contributed by atoms with Crippen molar-refractivity contribution in [2.75, 3.05) is 0 Å². The van der Waals surface area contributed by atoms with Gasteiger partial charge in [-0.2, -0.15) is 10.1 Å². The van der Waals surface area contributed by atoms with Crippen LogP contribution in [-0.4, -0.2) is 25.8 Å². The molecule has 2 heterocycles. The van der Waals surface area contributed by atoms with Crippen LogP contribution in [0.2, 0.25) is 5.02 Å². The molecule has 2 aromatic heterocycles. The highest BCUT2D eigenvalue weighted by Gasteiger charge is 2.19. The largest absolute Gasteiger partial charge is 0.344 e. The first kappa shape index (κ1) is 18.8. The van der Waals surface area contributed by atoms with Crippen LogP contribution in [0, 0.1) is 12.7 Å². The SMILES string of the molecule is Cc1nn(-c2ccc(F)cc2)cc1-c1noc(C(=O)NCc2ccc(Cl)cc2)n1. The van der Waals surface area contributed by atoms with Crippen LogP contribution in [0.15, 0.2) is 59.3 Å². The third-order valence-corrected chi connectivity index (χ3v) is 4.47. The molecule has 0 spiro atoms.